The van der Waals surface area contributed by atoms with Crippen LogP contribution in [0.15, 0.2) is 18.2 Å². The minimum absolute atomic E-state index is 0.486. The van der Waals surface area contributed by atoms with E-state index >= 15 is 0 Å². The van der Waals surface area contributed by atoms with Crippen LogP contribution in [0.2, 0.25) is 0 Å². The summed E-state index contributed by atoms with van der Waals surface area (Å²) in [5, 5.41) is 3.63. The van der Waals surface area contributed by atoms with Crippen LogP contribution in [0.1, 0.15) is 24.5 Å². The van der Waals surface area contributed by atoms with Crippen molar-refractivity contribution in [1.82, 2.24) is 4.98 Å². The third-order valence-corrected chi connectivity index (χ3v) is 3.14. The number of pyridine rings is 1. The SMILES string of the molecule is CNc1cc(C2CC2)nc2cc(F)c(F)cc12. The third kappa shape index (κ3) is 1.73. The van der Waals surface area contributed by atoms with Gasteiger partial charge in [-0.1, -0.05) is 0 Å². The second kappa shape index (κ2) is 3.65. The number of anilines is 1. The summed E-state index contributed by atoms with van der Waals surface area (Å²) in [5.41, 5.74) is 2.28. The first-order chi connectivity index (χ1) is 8.19. The molecule has 1 aromatic carbocycles. The lowest BCUT2D eigenvalue weighted by Crippen LogP contribution is -1.97. The predicted molar refractivity (Wildman–Crippen MR) is 63.2 cm³/mol. The Balaban J connectivity index is 2.28. The van der Waals surface area contributed by atoms with Crippen LogP contribution in [-0.4, -0.2) is 12.0 Å². The first kappa shape index (κ1) is 10.4. The van der Waals surface area contributed by atoms with E-state index < -0.39 is 11.6 Å². The third-order valence-electron chi connectivity index (χ3n) is 3.14. The van der Waals surface area contributed by atoms with Crippen LogP contribution in [0.5, 0.6) is 0 Å². The highest BCUT2D eigenvalue weighted by molar-refractivity contribution is 5.91. The maximum Gasteiger partial charge on any atom is 0.161 e. The fourth-order valence-corrected chi connectivity index (χ4v) is 2.04. The molecule has 1 aliphatic rings. The average molecular weight is 234 g/mol. The molecule has 88 valence electrons. The van der Waals surface area contributed by atoms with Gasteiger partial charge in [-0.25, -0.2) is 8.78 Å². The fraction of sp³-hybridized carbons (Fsp3) is 0.308. The molecule has 1 saturated carbocycles. The molecule has 3 rings (SSSR count). The highest BCUT2D eigenvalue weighted by Crippen LogP contribution is 2.41. The lowest BCUT2D eigenvalue weighted by atomic mass is 10.1. The number of rotatable bonds is 2. The molecule has 0 aliphatic heterocycles. The standard InChI is InChI=1S/C13H12F2N2/c1-16-12-6-11(7-2-3-7)17-13-5-10(15)9(14)4-8(12)13/h4-7H,2-3H2,1H3,(H,16,17). The van der Waals surface area contributed by atoms with Crippen molar-refractivity contribution < 1.29 is 8.78 Å². The van der Waals surface area contributed by atoms with E-state index in [1.54, 1.807) is 7.05 Å². The van der Waals surface area contributed by atoms with Gasteiger partial charge >= 0.3 is 0 Å². The van der Waals surface area contributed by atoms with Gasteiger partial charge in [0.15, 0.2) is 11.6 Å². The van der Waals surface area contributed by atoms with Gasteiger partial charge in [-0.15, -0.1) is 0 Å². The molecule has 1 fully saturated rings. The quantitative estimate of drug-likeness (QED) is 0.861. The van der Waals surface area contributed by atoms with E-state index in [1.165, 1.54) is 6.07 Å². The summed E-state index contributed by atoms with van der Waals surface area (Å²) in [6, 6.07) is 4.29. The van der Waals surface area contributed by atoms with Gasteiger partial charge in [0.1, 0.15) is 0 Å². The Kier molecular flexibility index (Phi) is 2.24. The van der Waals surface area contributed by atoms with Crippen LogP contribution in [0, 0.1) is 11.6 Å². The van der Waals surface area contributed by atoms with E-state index in [1.807, 2.05) is 6.07 Å². The molecule has 0 atom stereocenters. The normalized spacial score (nSPS) is 15.2. The van der Waals surface area contributed by atoms with Crippen molar-refractivity contribution >= 4 is 16.6 Å². The Bertz CT molecular complexity index is 591. The molecule has 4 heteroatoms. The van der Waals surface area contributed by atoms with E-state index in [0.717, 1.165) is 30.3 Å². The van der Waals surface area contributed by atoms with Gasteiger partial charge in [0.2, 0.25) is 0 Å². The van der Waals surface area contributed by atoms with Gasteiger partial charge in [-0.05, 0) is 25.0 Å². The highest BCUT2D eigenvalue weighted by Gasteiger charge is 2.26. The smallest absolute Gasteiger partial charge is 0.161 e. The molecule has 0 saturated heterocycles. The highest BCUT2D eigenvalue weighted by atomic mass is 19.2. The van der Waals surface area contributed by atoms with E-state index in [0.29, 0.717) is 16.8 Å². The van der Waals surface area contributed by atoms with Gasteiger partial charge in [-0.2, -0.15) is 0 Å². The number of halogens is 2. The molecule has 0 unspecified atom stereocenters. The van der Waals surface area contributed by atoms with Crippen LogP contribution in [0.4, 0.5) is 14.5 Å². The van der Waals surface area contributed by atoms with Crippen molar-refractivity contribution in [2.45, 2.75) is 18.8 Å². The Labute approximate surface area is 97.7 Å². The summed E-state index contributed by atoms with van der Waals surface area (Å²) in [4.78, 5) is 4.40. The zero-order valence-electron chi connectivity index (χ0n) is 9.43. The number of benzene rings is 1. The lowest BCUT2D eigenvalue weighted by Gasteiger charge is -2.09. The number of nitrogens with one attached hydrogen (secondary N) is 1. The predicted octanol–water partition coefficient (Wildman–Crippen LogP) is 3.43. The minimum atomic E-state index is -0.847. The molecule has 2 nitrogen and oxygen atoms in total. The van der Waals surface area contributed by atoms with Gasteiger partial charge in [-0.3, -0.25) is 4.98 Å². The largest absolute Gasteiger partial charge is 0.388 e. The van der Waals surface area contributed by atoms with Gasteiger partial charge in [0.05, 0.1) is 5.52 Å². The van der Waals surface area contributed by atoms with E-state index in [4.69, 9.17) is 0 Å². The first-order valence-corrected chi connectivity index (χ1v) is 5.66. The van der Waals surface area contributed by atoms with Crippen molar-refractivity contribution in [3.8, 4) is 0 Å². The van der Waals surface area contributed by atoms with E-state index in [9.17, 15) is 8.78 Å². The van der Waals surface area contributed by atoms with Crippen LogP contribution >= 0.6 is 0 Å². The zero-order valence-corrected chi connectivity index (χ0v) is 9.43. The van der Waals surface area contributed by atoms with E-state index in [2.05, 4.69) is 10.3 Å². The van der Waals surface area contributed by atoms with Crippen LogP contribution in [-0.2, 0) is 0 Å². The van der Waals surface area contributed by atoms with Crippen LogP contribution in [0.3, 0.4) is 0 Å². The maximum absolute atomic E-state index is 13.2. The Morgan fingerprint density at radius 1 is 1.18 bits per heavy atom. The zero-order chi connectivity index (χ0) is 12.0. The monoisotopic (exact) mass is 234 g/mol. The van der Waals surface area contributed by atoms with Crippen LogP contribution < -0.4 is 5.32 Å². The molecule has 0 radical (unpaired) electrons. The Morgan fingerprint density at radius 3 is 2.53 bits per heavy atom. The average Bonchev–Trinajstić information content (AvgIpc) is 3.13. The molecule has 1 aliphatic carbocycles. The number of hydrogen-bond donors (Lipinski definition) is 1. The summed E-state index contributed by atoms with van der Waals surface area (Å²) in [6.07, 6.45) is 2.26. The Morgan fingerprint density at radius 2 is 1.88 bits per heavy atom. The van der Waals surface area contributed by atoms with Gasteiger partial charge in [0.25, 0.3) is 0 Å². The summed E-state index contributed by atoms with van der Waals surface area (Å²) in [6.45, 7) is 0. The molecule has 1 heterocycles. The van der Waals surface area contributed by atoms with Crippen molar-refractivity contribution in [3.63, 3.8) is 0 Å². The molecule has 2 aromatic rings. The number of nitrogens with zero attached hydrogens (tertiary/aromatic N) is 1. The van der Waals surface area contributed by atoms with Crippen molar-refractivity contribution in [1.29, 1.82) is 0 Å². The molecular weight excluding hydrogens is 222 g/mol. The Hall–Kier alpha value is -1.71. The first-order valence-electron chi connectivity index (χ1n) is 5.66. The topological polar surface area (TPSA) is 24.9 Å². The van der Waals surface area contributed by atoms with Crippen molar-refractivity contribution in [2.24, 2.45) is 0 Å². The molecule has 17 heavy (non-hydrogen) atoms. The fourth-order valence-electron chi connectivity index (χ4n) is 2.04. The summed E-state index contributed by atoms with van der Waals surface area (Å²) in [5.74, 6) is -1.20. The number of fused-ring (bicyclic) bond motifs is 1. The molecule has 0 spiro atoms. The molecule has 1 aromatic heterocycles. The summed E-state index contributed by atoms with van der Waals surface area (Å²) in [7, 11) is 1.77. The van der Waals surface area contributed by atoms with Gasteiger partial charge in [0, 0.05) is 35.8 Å². The minimum Gasteiger partial charge on any atom is -0.388 e. The number of hydrogen-bond acceptors (Lipinski definition) is 2. The lowest BCUT2D eigenvalue weighted by molar-refractivity contribution is 0.510. The molecule has 0 bridgehead atoms. The van der Waals surface area contributed by atoms with Crippen LogP contribution in [0.25, 0.3) is 10.9 Å². The second-order valence-electron chi connectivity index (χ2n) is 4.40. The van der Waals surface area contributed by atoms with Gasteiger partial charge < -0.3 is 5.32 Å². The van der Waals surface area contributed by atoms with E-state index in [-0.39, 0.29) is 0 Å². The number of aromatic nitrogens is 1. The van der Waals surface area contributed by atoms with Crippen molar-refractivity contribution in [2.75, 3.05) is 12.4 Å². The molecule has 0 amide bonds. The molecule has 1 N–H and O–H groups in total. The maximum atomic E-state index is 13.2. The summed E-state index contributed by atoms with van der Waals surface area (Å²) < 4.78 is 26.4. The second-order valence-corrected chi connectivity index (χ2v) is 4.40. The van der Waals surface area contributed by atoms with Crippen molar-refractivity contribution in [3.05, 3.63) is 35.5 Å². The summed E-state index contributed by atoms with van der Waals surface area (Å²) >= 11 is 0. The molecular formula is C13H12F2N2.